The molecule has 0 aromatic carbocycles. The zero-order chi connectivity index (χ0) is 23.5. The number of hydrogen-bond acceptors (Lipinski definition) is 7. The van der Waals surface area contributed by atoms with Crippen molar-refractivity contribution in [2.24, 2.45) is 28.6 Å². The molecule has 0 radical (unpaired) electrons. The highest BCUT2D eigenvalue weighted by molar-refractivity contribution is 6.01. The minimum absolute atomic E-state index is 0.0214. The van der Waals surface area contributed by atoms with Crippen molar-refractivity contribution in [3.05, 3.63) is 23.8 Å². The fourth-order valence-corrected chi connectivity index (χ4v) is 7.36. The summed E-state index contributed by atoms with van der Waals surface area (Å²) < 4.78 is 10.8. The normalized spacial score (nSPS) is 42.3. The summed E-state index contributed by atoms with van der Waals surface area (Å²) in [6.45, 7) is 6.16. The van der Waals surface area contributed by atoms with Crippen LogP contribution in [0.3, 0.4) is 0 Å². The largest absolute Gasteiger partial charge is 0.462 e. The molecule has 4 aliphatic carbocycles. The minimum atomic E-state index is -1.65. The molecule has 0 aromatic rings. The van der Waals surface area contributed by atoms with Crippen molar-refractivity contribution in [3.8, 4) is 0 Å². The molecule has 174 valence electrons. The van der Waals surface area contributed by atoms with Gasteiger partial charge >= 0.3 is 11.9 Å². The molecule has 4 rings (SSSR count). The average molecular weight is 445 g/mol. The Hall–Kier alpha value is -2.28. The van der Waals surface area contributed by atoms with Crippen LogP contribution in [0.15, 0.2) is 23.8 Å². The standard InChI is InChI=1S/C25H32O7/c1-14(26)31-13-21(29)25(30)10-8-19-18-6-5-16-11-17(28)7-9-23(16,3)22(18)20(32-15(2)27)12-24(19,25)4/h7,9,11,18-20,22,30H,5-6,8,10,12-13H2,1-4H3. The molecular formula is C25H32O7. The fourth-order valence-electron chi connectivity index (χ4n) is 7.36. The second-order valence-electron chi connectivity index (χ2n) is 10.4. The van der Waals surface area contributed by atoms with Gasteiger partial charge in [-0.25, -0.2) is 0 Å². The molecule has 0 saturated heterocycles. The lowest BCUT2D eigenvalue weighted by atomic mass is 9.46. The number of Topliss-reactive ketones (excluding diaryl/α,β-unsaturated/α-hetero) is 1. The molecule has 7 atom stereocenters. The van der Waals surface area contributed by atoms with Gasteiger partial charge in [-0.05, 0) is 56.1 Å². The maximum Gasteiger partial charge on any atom is 0.303 e. The number of ketones is 2. The lowest BCUT2D eigenvalue weighted by Crippen LogP contribution is -2.62. The molecule has 32 heavy (non-hydrogen) atoms. The van der Waals surface area contributed by atoms with Gasteiger partial charge in [-0.3, -0.25) is 19.2 Å². The molecule has 0 heterocycles. The van der Waals surface area contributed by atoms with Gasteiger partial charge in [-0.1, -0.05) is 25.5 Å². The van der Waals surface area contributed by atoms with E-state index in [0.29, 0.717) is 12.8 Å². The Morgan fingerprint density at radius 3 is 2.53 bits per heavy atom. The van der Waals surface area contributed by atoms with E-state index < -0.39 is 46.9 Å². The van der Waals surface area contributed by atoms with Gasteiger partial charge in [-0.2, -0.15) is 0 Å². The number of hydrogen-bond donors (Lipinski definition) is 1. The van der Waals surface area contributed by atoms with E-state index in [9.17, 15) is 24.3 Å². The summed E-state index contributed by atoms with van der Waals surface area (Å²) in [5, 5.41) is 11.6. The van der Waals surface area contributed by atoms with Gasteiger partial charge in [0.1, 0.15) is 11.7 Å². The first kappa shape index (κ1) is 22.9. The Labute approximate surface area is 188 Å². The predicted octanol–water partition coefficient (Wildman–Crippen LogP) is 2.70. The zero-order valence-corrected chi connectivity index (χ0v) is 19.2. The summed E-state index contributed by atoms with van der Waals surface area (Å²) >= 11 is 0. The van der Waals surface area contributed by atoms with Crippen molar-refractivity contribution in [2.75, 3.05) is 6.61 Å². The van der Waals surface area contributed by atoms with Crippen molar-refractivity contribution in [1.82, 2.24) is 0 Å². The van der Waals surface area contributed by atoms with Crippen molar-refractivity contribution in [3.63, 3.8) is 0 Å². The summed E-state index contributed by atoms with van der Waals surface area (Å²) in [6, 6.07) is 0. The van der Waals surface area contributed by atoms with Crippen LogP contribution in [0.1, 0.15) is 59.8 Å². The van der Waals surface area contributed by atoms with Gasteiger partial charge in [-0.15, -0.1) is 0 Å². The summed E-state index contributed by atoms with van der Waals surface area (Å²) in [4.78, 5) is 48.4. The van der Waals surface area contributed by atoms with Crippen LogP contribution in [0.4, 0.5) is 0 Å². The van der Waals surface area contributed by atoms with Crippen LogP contribution in [0.25, 0.3) is 0 Å². The SMILES string of the molecule is CC(=O)OCC(=O)C1(O)CCC2C3CCC4=CC(=O)C=CC4(C)C3C(OC(C)=O)CC21C. The van der Waals surface area contributed by atoms with E-state index in [0.717, 1.165) is 18.4 Å². The molecule has 1 N–H and O–H groups in total. The molecule has 0 spiro atoms. The molecule has 0 aromatic heterocycles. The summed E-state index contributed by atoms with van der Waals surface area (Å²) in [5.74, 6) is -1.36. The third kappa shape index (κ3) is 3.28. The molecule has 3 fully saturated rings. The number of allylic oxidation sites excluding steroid dienone is 4. The van der Waals surface area contributed by atoms with Crippen LogP contribution in [-0.4, -0.2) is 46.9 Å². The molecule has 0 amide bonds. The Morgan fingerprint density at radius 2 is 1.88 bits per heavy atom. The van der Waals surface area contributed by atoms with E-state index in [1.165, 1.54) is 13.8 Å². The summed E-state index contributed by atoms with van der Waals surface area (Å²) in [7, 11) is 0. The zero-order valence-electron chi connectivity index (χ0n) is 19.2. The topological polar surface area (TPSA) is 107 Å². The van der Waals surface area contributed by atoms with Crippen molar-refractivity contribution >= 4 is 23.5 Å². The van der Waals surface area contributed by atoms with Gasteiger partial charge in [0, 0.05) is 30.6 Å². The van der Waals surface area contributed by atoms with Gasteiger partial charge in [0.05, 0.1) is 0 Å². The van der Waals surface area contributed by atoms with Crippen molar-refractivity contribution < 1.29 is 33.8 Å². The number of carbonyl (C=O) groups excluding carboxylic acids is 4. The Balaban J connectivity index is 1.73. The Kier molecular flexibility index (Phi) is 5.47. The smallest absolute Gasteiger partial charge is 0.303 e. The molecule has 4 aliphatic rings. The van der Waals surface area contributed by atoms with E-state index in [4.69, 9.17) is 9.47 Å². The van der Waals surface area contributed by atoms with E-state index in [-0.39, 0.29) is 30.0 Å². The lowest BCUT2D eigenvalue weighted by Gasteiger charge is -2.60. The fraction of sp³-hybridized carbons (Fsp3) is 0.680. The minimum Gasteiger partial charge on any atom is -0.462 e. The first-order valence-electron chi connectivity index (χ1n) is 11.4. The molecular weight excluding hydrogens is 412 g/mol. The van der Waals surface area contributed by atoms with Crippen LogP contribution in [0.5, 0.6) is 0 Å². The highest BCUT2D eigenvalue weighted by Gasteiger charge is 2.68. The predicted molar refractivity (Wildman–Crippen MR) is 114 cm³/mol. The first-order chi connectivity index (χ1) is 14.9. The average Bonchev–Trinajstić information content (AvgIpc) is 2.97. The number of ether oxygens (including phenoxy) is 2. The number of esters is 2. The third-order valence-corrected chi connectivity index (χ3v) is 8.81. The molecule has 0 aliphatic heterocycles. The molecule has 7 nitrogen and oxygen atoms in total. The van der Waals surface area contributed by atoms with Crippen LogP contribution in [0, 0.1) is 28.6 Å². The molecule has 7 unspecified atom stereocenters. The van der Waals surface area contributed by atoms with E-state index in [2.05, 4.69) is 6.92 Å². The molecule has 3 saturated carbocycles. The van der Waals surface area contributed by atoms with Crippen LogP contribution in [-0.2, 0) is 28.7 Å². The first-order valence-corrected chi connectivity index (χ1v) is 11.4. The monoisotopic (exact) mass is 444 g/mol. The number of aliphatic hydroxyl groups is 1. The maximum atomic E-state index is 13.1. The Morgan fingerprint density at radius 1 is 1.16 bits per heavy atom. The van der Waals surface area contributed by atoms with Crippen LogP contribution < -0.4 is 0 Å². The number of rotatable bonds is 4. The third-order valence-electron chi connectivity index (χ3n) is 8.81. The molecule has 7 heteroatoms. The van der Waals surface area contributed by atoms with Gasteiger partial charge in [0.15, 0.2) is 12.4 Å². The highest BCUT2D eigenvalue weighted by atomic mass is 16.5. The lowest BCUT2D eigenvalue weighted by molar-refractivity contribution is -0.192. The number of fused-ring (bicyclic) bond motifs is 5. The second-order valence-corrected chi connectivity index (χ2v) is 10.4. The Bertz CT molecular complexity index is 933. The van der Waals surface area contributed by atoms with E-state index >= 15 is 0 Å². The van der Waals surface area contributed by atoms with E-state index in [1.807, 2.05) is 13.0 Å². The van der Waals surface area contributed by atoms with Gasteiger partial charge in [0.25, 0.3) is 0 Å². The van der Waals surface area contributed by atoms with Crippen LogP contribution in [0.2, 0.25) is 0 Å². The molecule has 0 bridgehead atoms. The quantitative estimate of drug-likeness (QED) is 0.664. The van der Waals surface area contributed by atoms with Gasteiger partial charge < -0.3 is 14.6 Å². The van der Waals surface area contributed by atoms with Crippen molar-refractivity contribution in [2.45, 2.75) is 71.5 Å². The van der Waals surface area contributed by atoms with Gasteiger partial charge in [0.2, 0.25) is 5.78 Å². The second kappa shape index (κ2) is 7.65. The summed E-state index contributed by atoms with van der Waals surface area (Å²) in [6.07, 6.45) is 7.62. The van der Waals surface area contributed by atoms with Crippen LogP contribution >= 0.6 is 0 Å². The van der Waals surface area contributed by atoms with E-state index in [1.54, 1.807) is 12.2 Å². The number of carbonyl (C=O) groups is 4. The summed E-state index contributed by atoms with van der Waals surface area (Å²) in [5.41, 5.74) is -1.81. The maximum absolute atomic E-state index is 13.1. The highest BCUT2D eigenvalue weighted by Crippen LogP contribution is 2.67. The van der Waals surface area contributed by atoms with Crippen molar-refractivity contribution in [1.29, 1.82) is 0 Å².